The SMILES string of the molecule is COCCNC(=O)CN1CCN=C(/C=C/c2ccc(Cl)c(Cl)c2)c2ccccc21.Cl.Cl. The van der Waals surface area contributed by atoms with Crippen molar-refractivity contribution in [2.45, 2.75) is 0 Å². The van der Waals surface area contributed by atoms with Crippen LogP contribution in [-0.2, 0) is 9.53 Å². The zero-order valence-corrected chi connectivity index (χ0v) is 20.2. The fourth-order valence-electron chi connectivity index (χ4n) is 3.08. The third kappa shape index (κ3) is 7.70. The minimum Gasteiger partial charge on any atom is -0.383 e. The molecule has 2 aromatic carbocycles. The van der Waals surface area contributed by atoms with Crippen molar-refractivity contribution in [2.75, 3.05) is 44.8 Å². The summed E-state index contributed by atoms with van der Waals surface area (Å²) in [5.41, 5.74) is 3.79. The molecule has 0 aliphatic carbocycles. The van der Waals surface area contributed by atoms with Gasteiger partial charge in [0.15, 0.2) is 0 Å². The fraction of sp³-hybridized carbons (Fsp3) is 0.273. The second-order valence-corrected chi connectivity index (χ2v) is 7.37. The van der Waals surface area contributed by atoms with E-state index in [0.29, 0.717) is 36.3 Å². The molecule has 0 bridgehead atoms. The van der Waals surface area contributed by atoms with Crippen molar-refractivity contribution in [3.8, 4) is 0 Å². The number of fused-ring (bicyclic) bond motifs is 1. The number of halogens is 4. The number of benzodiazepines with no additional fused rings is 1. The Bertz CT molecular complexity index is 935. The van der Waals surface area contributed by atoms with Crippen LogP contribution in [0.4, 0.5) is 5.69 Å². The Labute approximate surface area is 205 Å². The molecule has 0 saturated carbocycles. The number of nitrogens with zero attached hydrogens (tertiary/aromatic N) is 2. The molecule has 1 heterocycles. The molecule has 0 radical (unpaired) electrons. The standard InChI is InChI=1S/C22H23Cl2N3O2.2ClH/c1-29-13-11-26-22(28)15-27-12-10-25-20(17-4-2-3-5-21(17)27)9-7-16-6-8-18(23)19(24)14-16;;/h2-9,14H,10-13,15H2,1H3,(H,26,28);2*1H/b9-7+;;. The molecule has 0 spiro atoms. The van der Waals surface area contributed by atoms with Crippen LogP contribution in [0.1, 0.15) is 11.1 Å². The highest BCUT2D eigenvalue weighted by molar-refractivity contribution is 6.42. The number of aliphatic imine (C=N–C) groups is 1. The van der Waals surface area contributed by atoms with Gasteiger partial charge in [-0.15, -0.1) is 24.8 Å². The lowest BCUT2D eigenvalue weighted by atomic mass is 10.1. The third-order valence-corrected chi connectivity index (χ3v) is 5.25. The number of benzene rings is 2. The van der Waals surface area contributed by atoms with Crippen LogP contribution in [-0.4, -0.2) is 51.5 Å². The number of rotatable bonds is 7. The first-order valence-electron chi connectivity index (χ1n) is 9.36. The Balaban J connectivity index is 0.00000240. The molecule has 0 saturated heterocycles. The van der Waals surface area contributed by atoms with Gasteiger partial charge in [0.1, 0.15) is 0 Å². The Hall–Kier alpha value is -1.76. The van der Waals surface area contributed by atoms with Crippen molar-refractivity contribution in [3.05, 3.63) is 69.7 Å². The van der Waals surface area contributed by atoms with E-state index >= 15 is 0 Å². The number of amides is 1. The van der Waals surface area contributed by atoms with Gasteiger partial charge in [-0.05, 0) is 29.8 Å². The molecule has 168 valence electrons. The van der Waals surface area contributed by atoms with Crippen LogP contribution in [0.3, 0.4) is 0 Å². The summed E-state index contributed by atoms with van der Waals surface area (Å²) in [6.45, 7) is 2.54. The van der Waals surface area contributed by atoms with Gasteiger partial charge in [-0.1, -0.05) is 53.5 Å². The molecule has 0 aromatic heterocycles. The molecule has 0 fully saturated rings. The van der Waals surface area contributed by atoms with Gasteiger partial charge in [-0.25, -0.2) is 0 Å². The topological polar surface area (TPSA) is 53.9 Å². The second-order valence-electron chi connectivity index (χ2n) is 6.56. The smallest absolute Gasteiger partial charge is 0.239 e. The predicted molar refractivity (Wildman–Crippen MR) is 135 cm³/mol. The summed E-state index contributed by atoms with van der Waals surface area (Å²) >= 11 is 12.1. The van der Waals surface area contributed by atoms with Gasteiger partial charge in [0.05, 0.1) is 35.5 Å². The van der Waals surface area contributed by atoms with E-state index in [-0.39, 0.29) is 37.3 Å². The minimum absolute atomic E-state index is 0. The zero-order valence-electron chi connectivity index (χ0n) is 17.0. The highest BCUT2D eigenvalue weighted by Gasteiger charge is 2.19. The van der Waals surface area contributed by atoms with Crippen LogP contribution in [0.2, 0.25) is 10.0 Å². The summed E-state index contributed by atoms with van der Waals surface area (Å²) in [7, 11) is 1.61. The number of hydrogen-bond donors (Lipinski definition) is 1. The number of allylic oxidation sites excluding steroid dienone is 1. The van der Waals surface area contributed by atoms with Crippen LogP contribution in [0, 0.1) is 0 Å². The minimum atomic E-state index is -0.0355. The molecule has 1 amide bonds. The highest BCUT2D eigenvalue weighted by atomic mass is 35.5. The lowest BCUT2D eigenvalue weighted by molar-refractivity contribution is -0.119. The maximum atomic E-state index is 12.3. The first kappa shape index (κ1) is 27.3. The van der Waals surface area contributed by atoms with Gasteiger partial charge >= 0.3 is 0 Å². The number of para-hydroxylation sites is 1. The van der Waals surface area contributed by atoms with Crippen molar-refractivity contribution < 1.29 is 9.53 Å². The van der Waals surface area contributed by atoms with Crippen LogP contribution in [0.15, 0.2) is 53.5 Å². The number of carbonyl (C=O) groups is 1. The Morgan fingerprint density at radius 1 is 1.16 bits per heavy atom. The van der Waals surface area contributed by atoms with E-state index < -0.39 is 0 Å². The summed E-state index contributed by atoms with van der Waals surface area (Å²) < 4.78 is 4.98. The molecule has 0 atom stereocenters. The number of carbonyl (C=O) groups excluding carboxylic acids is 1. The van der Waals surface area contributed by atoms with E-state index in [4.69, 9.17) is 32.9 Å². The highest BCUT2D eigenvalue weighted by Crippen LogP contribution is 2.26. The van der Waals surface area contributed by atoms with Gasteiger partial charge < -0.3 is 15.0 Å². The summed E-state index contributed by atoms with van der Waals surface area (Å²) in [6.07, 6.45) is 3.94. The number of hydrogen-bond acceptors (Lipinski definition) is 4. The Morgan fingerprint density at radius 2 is 1.94 bits per heavy atom. The third-order valence-electron chi connectivity index (χ3n) is 4.51. The van der Waals surface area contributed by atoms with Crippen molar-refractivity contribution >= 4 is 71.4 Å². The maximum absolute atomic E-state index is 12.3. The average molecular weight is 505 g/mol. The van der Waals surface area contributed by atoms with E-state index in [1.54, 1.807) is 13.2 Å². The summed E-state index contributed by atoms with van der Waals surface area (Å²) in [4.78, 5) is 19.1. The molecular formula is C22H25Cl4N3O2. The molecule has 1 aliphatic rings. The fourth-order valence-corrected chi connectivity index (χ4v) is 3.39. The van der Waals surface area contributed by atoms with E-state index in [2.05, 4.69) is 10.2 Å². The molecule has 9 heteroatoms. The molecular weight excluding hydrogens is 480 g/mol. The molecule has 1 aliphatic heterocycles. The van der Waals surface area contributed by atoms with E-state index in [9.17, 15) is 4.79 Å². The quantitative estimate of drug-likeness (QED) is 0.544. The molecule has 3 rings (SSSR count). The molecule has 1 N–H and O–H groups in total. The summed E-state index contributed by atoms with van der Waals surface area (Å²) in [5.74, 6) is -0.0355. The second kappa shape index (κ2) is 13.6. The van der Waals surface area contributed by atoms with Gasteiger partial charge in [0.2, 0.25) is 5.91 Å². The van der Waals surface area contributed by atoms with Crippen molar-refractivity contribution in [1.82, 2.24) is 5.32 Å². The maximum Gasteiger partial charge on any atom is 0.239 e. The van der Waals surface area contributed by atoms with Crippen LogP contribution in [0.5, 0.6) is 0 Å². The van der Waals surface area contributed by atoms with Gasteiger partial charge in [-0.3, -0.25) is 9.79 Å². The monoisotopic (exact) mass is 503 g/mol. The van der Waals surface area contributed by atoms with Crippen LogP contribution < -0.4 is 10.2 Å². The first-order chi connectivity index (χ1) is 14.1. The predicted octanol–water partition coefficient (Wildman–Crippen LogP) is 4.92. The molecule has 31 heavy (non-hydrogen) atoms. The van der Waals surface area contributed by atoms with Gasteiger partial charge in [0.25, 0.3) is 0 Å². The lowest BCUT2D eigenvalue weighted by Crippen LogP contribution is -2.39. The number of nitrogens with one attached hydrogen (secondary N) is 1. The van der Waals surface area contributed by atoms with E-state index in [1.165, 1.54) is 0 Å². The number of anilines is 1. The Morgan fingerprint density at radius 3 is 2.68 bits per heavy atom. The zero-order chi connectivity index (χ0) is 20.6. The van der Waals surface area contributed by atoms with Gasteiger partial charge in [0, 0.05) is 31.5 Å². The number of ether oxygens (including phenoxy) is 1. The van der Waals surface area contributed by atoms with Crippen molar-refractivity contribution in [3.63, 3.8) is 0 Å². The Kier molecular flexibility index (Phi) is 12.0. The first-order valence-corrected chi connectivity index (χ1v) is 10.1. The molecule has 0 unspecified atom stereocenters. The molecule has 5 nitrogen and oxygen atoms in total. The summed E-state index contributed by atoms with van der Waals surface area (Å²) in [6, 6.07) is 13.5. The van der Waals surface area contributed by atoms with Gasteiger partial charge in [-0.2, -0.15) is 0 Å². The van der Waals surface area contributed by atoms with Crippen LogP contribution in [0.25, 0.3) is 6.08 Å². The van der Waals surface area contributed by atoms with E-state index in [1.807, 2.05) is 48.6 Å². The van der Waals surface area contributed by atoms with E-state index in [0.717, 1.165) is 22.5 Å². The van der Waals surface area contributed by atoms with Crippen molar-refractivity contribution in [1.29, 1.82) is 0 Å². The number of methoxy groups -OCH3 is 1. The lowest BCUT2D eigenvalue weighted by Gasteiger charge is -2.24. The van der Waals surface area contributed by atoms with Crippen LogP contribution >= 0.6 is 48.0 Å². The molecule has 2 aromatic rings. The average Bonchev–Trinajstić information content (AvgIpc) is 2.89. The summed E-state index contributed by atoms with van der Waals surface area (Å²) in [5, 5.41) is 3.91. The largest absolute Gasteiger partial charge is 0.383 e. The van der Waals surface area contributed by atoms with Crippen molar-refractivity contribution in [2.24, 2.45) is 4.99 Å². The normalized spacial score (nSPS) is 12.9.